The molecule has 5 nitrogen and oxygen atoms in total. The third-order valence-electron chi connectivity index (χ3n) is 3.71. The van der Waals surface area contributed by atoms with Gasteiger partial charge >= 0.3 is 0 Å². The summed E-state index contributed by atoms with van der Waals surface area (Å²) in [6, 6.07) is 2.98. The fraction of sp³-hybridized carbons (Fsp3) is 0.571. The second-order valence-electron chi connectivity index (χ2n) is 5.67. The number of hydrogen-bond donors (Lipinski definition) is 2. The minimum atomic E-state index is -3.73. The second kappa shape index (κ2) is 6.22. The molecule has 0 aromatic heterocycles. The lowest BCUT2D eigenvalue weighted by molar-refractivity contribution is 0.0386. The molecule has 0 aliphatic carbocycles. The average Bonchev–Trinajstić information content (AvgIpc) is 2.40. The molecule has 0 bridgehead atoms. The third-order valence-corrected chi connectivity index (χ3v) is 5.69. The van der Waals surface area contributed by atoms with Gasteiger partial charge in [-0.2, -0.15) is 0 Å². The van der Waals surface area contributed by atoms with E-state index in [1.54, 1.807) is 13.0 Å². The van der Waals surface area contributed by atoms with Gasteiger partial charge < -0.3 is 9.84 Å². The van der Waals surface area contributed by atoms with Gasteiger partial charge in [0.25, 0.3) is 0 Å². The molecular formula is C14H20ClNO4S. The summed E-state index contributed by atoms with van der Waals surface area (Å²) < 4.78 is 33.4. The highest BCUT2D eigenvalue weighted by Crippen LogP contribution is 2.27. The Morgan fingerprint density at radius 1 is 1.48 bits per heavy atom. The highest BCUT2D eigenvalue weighted by molar-refractivity contribution is 7.89. The van der Waals surface area contributed by atoms with E-state index in [0.717, 1.165) is 12.8 Å². The molecule has 1 aliphatic heterocycles. The first kappa shape index (κ1) is 16.7. The second-order valence-corrected chi connectivity index (χ2v) is 7.76. The van der Waals surface area contributed by atoms with E-state index in [1.165, 1.54) is 6.07 Å². The predicted octanol–water partition coefficient (Wildman–Crippen LogP) is 1.99. The lowest BCUT2D eigenvalue weighted by Gasteiger charge is -2.34. The third kappa shape index (κ3) is 3.76. The van der Waals surface area contributed by atoms with Crippen molar-refractivity contribution < 1.29 is 18.3 Å². The van der Waals surface area contributed by atoms with Gasteiger partial charge in [-0.15, -0.1) is 0 Å². The van der Waals surface area contributed by atoms with E-state index in [1.807, 2.05) is 6.92 Å². The fourth-order valence-electron chi connectivity index (χ4n) is 2.55. The molecule has 1 heterocycles. The van der Waals surface area contributed by atoms with Crippen LogP contribution in [0.5, 0.6) is 0 Å². The van der Waals surface area contributed by atoms with E-state index < -0.39 is 15.6 Å². The minimum absolute atomic E-state index is 0.103. The lowest BCUT2D eigenvalue weighted by atomic mass is 9.97. The maximum absolute atomic E-state index is 12.6. The summed E-state index contributed by atoms with van der Waals surface area (Å²) in [6.07, 6.45) is 1.54. The van der Waals surface area contributed by atoms with E-state index in [9.17, 15) is 13.5 Å². The average molecular weight is 334 g/mol. The Kier molecular flexibility index (Phi) is 4.95. The zero-order valence-corrected chi connectivity index (χ0v) is 13.7. The molecule has 1 aromatic carbocycles. The Morgan fingerprint density at radius 2 is 2.19 bits per heavy atom. The van der Waals surface area contributed by atoms with Gasteiger partial charge in [-0.3, -0.25) is 0 Å². The van der Waals surface area contributed by atoms with Crippen molar-refractivity contribution in [3.63, 3.8) is 0 Å². The Morgan fingerprint density at radius 3 is 2.76 bits per heavy atom. The molecule has 1 aromatic rings. The minimum Gasteiger partial charge on any atom is -0.392 e. The number of ether oxygens (including phenoxy) is 1. The van der Waals surface area contributed by atoms with Crippen LogP contribution in [0.4, 0.5) is 0 Å². The molecule has 7 heteroatoms. The molecule has 1 unspecified atom stereocenters. The van der Waals surface area contributed by atoms with Crippen LogP contribution in [0, 0.1) is 6.92 Å². The number of hydrogen-bond acceptors (Lipinski definition) is 4. The molecule has 2 N–H and O–H groups in total. The maximum Gasteiger partial charge on any atom is 0.241 e. The number of rotatable bonds is 4. The molecule has 2 rings (SSSR count). The van der Waals surface area contributed by atoms with E-state index in [0.29, 0.717) is 24.3 Å². The number of benzene rings is 1. The van der Waals surface area contributed by atoms with Crippen LogP contribution in [0.3, 0.4) is 0 Å². The van der Waals surface area contributed by atoms with Crippen LogP contribution in [0.15, 0.2) is 17.0 Å². The lowest BCUT2D eigenvalue weighted by Crippen LogP contribution is -2.51. The Hall–Kier alpha value is -0.660. The van der Waals surface area contributed by atoms with Crippen molar-refractivity contribution in [3.8, 4) is 0 Å². The van der Waals surface area contributed by atoms with Crippen molar-refractivity contribution in [3.05, 3.63) is 28.3 Å². The van der Waals surface area contributed by atoms with Crippen LogP contribution in [0.25, 0.3) is 0 Å². The number of sulfonamides is 1. The Balaban J connectivity index is 2.38. The highest BCUT2D eigenvalue weighted by atomic mass is 35.5. The zero-order chi connectivity index (χ0) is 15.7. The Labute approximate surface area is 130 Å². The van der Waals surface area contributed by atoms with Crippen molar-refractivity contribution in [1.82, 2.24) is 4.72 Å². The summed E-state index contributed by atoms with van der Waals surface area (Å²) in [4.78, 5) is 0.103. The Bertz CT molecular complexity index is 624. The van der Waals surface area contributed by atoms with Gasteiger partial charge in [-0.1, -0.05) is 11.6 Å². The summed E-state index contributed by atoms with van der Waals surface area (Å²) in [5.74, 6) is 0. The molecular weight excluding hydrogens is 314 g/mol. The molecule has 1 saturated heterocycles. The van der Waals surface area contributed by atoms with Gasteiger partial charge in [0.15, 0.2) is 0 Å². The maximum atomic E-state index is 12.6. The summed E-state index contributed by atoms with van der Waals surface area (Å²) in [7, 11) is -3.73. The SMILES string of the molecule is Cc1c(CO)cc(Cl)cc1S(=O)(=O)NC1(C)CCCOC1. The summed E-state index contributed by atoms with van der Waals surface area (Å²) >= 11 is 5.96. The molecule has 118 valence electrons. The molecule has 0 spiro atoms. The first-order chi connectivity index (χ1) is 9.77. The molecule has 0 radical (unpaired) electrons. The van der Waals surface area contributed by atoms with Gasteiger partial charge in [-0.25, -0.2) is 13.1 Å². The van der Waals surface area contributed by atoms with Crippen molar-refractivity contribution in [1.29, 1.82) is 0 Å². The fourth-order valence-corrected chi connectivity index (χ4v) is 4.59. The first-order valence-corrected chi connectivity index (χ1v) is 8.65. The van der Waals surface area contributed by atoms with Crippen LogP contribution < -0.4 is 4.72 Å². The standard InChI is InChI=1S/C14H20ClNO4S/c1-10-11(8-17)6-12(15)7-13(10)21(18,19)16-14(2)4-3-5-20-9-14/h6-7,16-17H,3-5,8-9H2,1-2H3. The number of nitrogens with one attached hydrogen (secondary N) is 1. The summed E-state index contributed by atoms with van der Waals surface area (Å²) in [5, 5.41) is 9.60. The monoisotopic (exact) mass is 333 g/mol. The summed E-state index contributed by atoms with van der Waals surface area (Å²) in [5.41, 5.74) is 0.397. The van der Waals surface area contributed by atoms with Crippen LogP contribution in [-0.2, 0) is 21.4 Å². The molecule has 0 amide bonds. The van der Waals surface area contributed by atoms with E-state index in [2.05, 4.69) is 4.72 Å². The van der Waals surface area contributed by atoms with Gasteiger partial charge in [0.2, 0.25) is 10.0 Å². The molecule has 1 atom stereocenters. The summed E-state index contributed by atoms with van der Waals surface area (Å²) in [6.45, 7) is 4.24. The predicted molar refractivity (Wildman–Crippen MR) is 80.9 cm³/mol. The van der Waals surface area contributed by atoms with Gasteiger partial charge in [0.1, 0.15) is 0 Å². The molecule has 1 fully saturated rings. The smallest absolute Gasteiger partial charge is 0.241 e. The van der Waals surface area contributed by atoms with Crippen LogP contribution in [0.2, 0.25) is 5.02 Å². The van der Waals surface area contributed by atoms with E-state index >= 15 is 0 Å². The highest BCUT2D eigenvalue weighted by Gasteiger charge is 2.33. The van der Waals surface area contributed by atoms with Gasteiger partial charge in [0, 0.05) is 11.6 Å². The van der Waals surface area contributed by atoms with Gasteiger partial charge in [0.05, 0.1) is 23.6 Å². The number of aliphatic hydroxyl groups excluding tert-OH is 1. The zero-order valence-electron chi connectivity index (χ0n) is 12.1. The molecule has 1 aliphatic rings. The van der Waals surface area contributed by atoms with E-state index in [4.69, 9.17) is 16.3 Å². The van der Waals surface area contributed by atoms with Crippen molar-refractivity contribution in [2.75, 3.05) is 13.2 Å². The largest absolute Gasteiger partial charge is 0.392 e. The normalized spacial score (nSPS) is 23.2. The van der Waals surface area contributed by atoms with Gasteiger partial charge in [-0.05, 0) is 49.9 Å². The van der Waals surface area contributed by atoms with Crippen LogP contribution >= 0.6 is 11.6 Å². The van der Waals surface area contributed by atoms with Crippen LogP contribution in [-0.4, -0.2) is 32.3 Å². The molecule has 21 heavy (non-hydrogen) atoms. The van der Waals surface area contributed by atoms with Crippen molar-refractivity contribution in [2.45, 2.75) is 43.7 Å². The first-order valence-electron chi connectivity index (χ1n) is 6.79. The van der Waals surface area contributed by atoms with E-state index in [-0.39, 0.29) is 16.5 Å². The quantitative estimate of drug-likeness (QED) is 0.883. The number of halogens is 1. The topological polar surface area (TPSA) is 75.6 Å². The number of aliphatic hydroxyl groups is 1. The van der Waals surface area contributed by atoms with Crippen molar-refractivity contribution in [2.24, 2.45) is 0 Å². The van der Waals surface area contributed by atoms with Crippen LogP contribution in [0.1, 0.15) is 30.9 Å². The van der Waals surface area contributed by atoms with Crippen molar-refractivity contribution >= 4 is 21.6 Å². The molecule has 0 saturated carbocycles.